The van der Waals surface area contributed by atoms with Gasteiger partial charge in [-0.1, -0.05) is 12.1 Å². The first-order chi connectivity index (χ1) is 8.89. The van der Waals surface area contributed by atoms with Crippen LogP contribution in [0.3, 0.4) is 0 Å². The Labute approximate surface area is 110 Å². The van der Waals surface area contributed by atoms with Gasteiger partial charge in [-0.2, -0.15) is 13.2 Å². The number of hydrogen-bond donors (Lipinski definition) is 0. The average molecular weight is 287 g/mol. The number of ether oxygens (including phenoxy) is 1. The van der Waals surface area contributed by atoms with E-state index >= 15 is 0 Å². The molecule has 1 aromatic carbocycles. The molecule has 0 atom stereocenters. The van der Waals surface area contributed by atoms with E-state index < -0.39 is 23.5 Å². The maximum Gasteiger partial charge on any atom is 0.419 e. The van der Waals surface area contributed by atoms with Crippen molar-refractivity contribution < 1.29 is 22.7 Å². The Balaban J connectivity index is 2.30. The minimum absolute atomic E-state index is 0.192. The van der Waals surface area contributed by atoms with Gasteiger partial charge >= 0.3 is 12.1 Å². The molecule has 0 amide bonds. The Hall–Kier alpha value is -1.89. The fraction of sp³-hybridized carbons (Fsp3) is 0.167. The van der Waals surface area contributed by atoms with Gasteiger partial charge in [0.15, 0.2) is 0 Å². The number of para-hydroxylation sites is 1. The van der Waals surface area contributed by atoms with Crippen LogP contribution in [-0.4, -0.2) is 11.0 Å². The molecule has 0 aliphatic heterocycles. The zero-order valence-electron chi connectivity index (χ0n) is 9.69. The molecule has 0 aliphatic carbocycles. The Kier molecular flexibility index (Phi) is 3.57. The van der Waals surface area contributed by atoms with Gasteiger partial charge in [-0.3, -0.25) is 0 Å². The second-order valence-electron chi connectivity index (χ2n) is 3.65. The highest BCUT2D eigenvalue weighted by Crippen LogP contribution is 2.36. The zero-order valence-corrected chi connectivity index (χ0v) is 10.5. The van der Waals surface area contributed by atoms with Crippen molar-refractivity contribution in [1.82, 2.24) is 4.98 Å². The summed E-state index contributed by atoms with van der Waals surface area (Å²) in [5, 5.41) is 0. The normalized spacial score (nSPS) is 11.4. The number of halogens is 3. The fourth-order valence-electron chi connectivity index (χ4n) is 1.43. The maximum atomic E-state index is 12.7. The van der Waals surface area contributed by atoms with Gasteiger partial charge in [0.05, 0.1) is 16.8 Å². The number of aromatic nitrogens is 1. The number of rotatable bonds is 2. The lowest BCUT2D eigenvalue weighted by molar-refractivity contribution is -0.138. The first-order valence-electron chi connectivity index (χ1n) is 5.18. The molecule has 0 fully saturated rings. The molecule has 3 nitrogen and oxygen atoms in total. The van der Waals surface area contributed by atoms with Crippen molar-refractivity contribution in [3.63, 3.8) is 0 Å². The van der Waals surface area contributed by atoms with Crippen LogP contribution in [0.2, 0.25) is 0 Å². The predicted octanol–water partition coefficient (Wildman–Crippen LogP) is 3.69. The summed E-state index contributed by atoms with van der Waals surface area (Å²) in [6.45, 7) is 1.59. The van der Waals surface area contributed by atoms with Gasteiger partial charge in [-0.15, -0.1) is 11.3 Å². The molecule has 0 saturated carbocycles. The SMILES string of the molecule is Cc1ncsc1C(=O)Oc1ccccc1C(F)(F)F. The zero-order chi connectivity index (χ0) is 14.0. The van der Waals surface area contributed by atoms with Gasteiger partial charge in [0.25, 0.3) is 0 Å². The van der Waals surface area contributed by atoms with E-state index in [1.807, 2.05) is 0 Å². The first kappa shape index (κ1) is 13.5. The minimum atomic E-state index is -4.57. The molecule has 1 aromatic heterocycles. The van der Waals surface area contributed by atoms with Crippen LogP contribution in [0.1, 0.15) is 20.9 Å². The summed E-state index contributed by atoms with van der Waals surface area (Å²) in [5.41, 5.74) is 0.881. The molecule has 0 spiro atoms. The number of carbonyl (C=O) groups is 1. The summed E-state index contributed by atoms with van der Waals surface area (Å²) in [7, 11) is 0. The maximum absolute atomic E-state index is 12.7. The Morgan fingerprint density at radius 3 is 2.58 bits per heavy atom. The smallest absolute Gasteiger partial charge is 0.419 e. The largest absolute Gasteiger partial charge is 0.422 e. The van der Waals surface area contributed by atoms with Crippen LogP contribution in [0.25, 0.3) is 0 Å². The number of alkyl halides is 3. The number of hydrogen-bond acceptors (Lipinski definition) is 4. The number of benzene rings is 1. The quantitative estimate of drug-likeness (QED) is 0.624. The van der Waals surface area contributed by atoms with E-state index in [1.165, 1.54) is 17.6 Å². The molecular formula is C12H8F3NO2S. The summed E-state index contributed by atoms with van der Waals surface area (Å²) in [5.74, 6) is -1.34. The number of aryl methyl sites for hydroxylation is 1. The summed E-state index contributed by atoms with van der Waals surface area (Å²) >= 11 is 1.02. The fourth-order valence-corrected chi connectivity index (χ4v) is 2.11. The Morgan fingerprint density at radius 1 is 1.32 bits per heavy atom. The van der Waals surface area contributed by atoms with Crippen molar-refractivity contribution in [2.24, 2.45) is 0 Å². The number of thiazole rings is 1. The molecule has 0 aliphatic rings. The Bertz CT molecular complexity index is 607. The highest BCUT2D eigenvalue weighted by Gasteiger charge is 2.34. The first-order valence-corrected chi connectivity index (χ1v) is 6.06. The molecule has 1 heterocycles. The molecule has 100 valence electrons. The van der Waals surface area contributed by atoms with Crippen molar-refractivity contribution in [2.45, 2.75) is 13.1 Å². The second-order valence-corrected chi connectivity index (χ2v) is 4.51. The van der Waals surface area contributed by atoms with Crippen molar-refractivity contribution in [3.05, 3.63) is 45.9 Å². The van der Waals surface area contributed by atoms with Gasteiger partial charge in [-0.05, 0) is 19.1 Å². The standard InChI is InChI=1S/C12H8F3NO2S/c1-7-10(19-6-16-7)11(17)18-9-5-3-2-4-8(9)12(13,14)15/h2-6H,1H3. The molecule has 0 unspecified atom stereocenters. The van der Waals surface area contributed by atoms with Gasteiger partial charge in [0, 0.05) is 0 Å². The highest BCUT2D eigenvalue weighted by atomic mass is 32.1. The molecule has 0 saturated heterocycles. The average Bonchev–Trinajstić information content (AvgIpc) is 2.75. The second kappa shape index (κ2) is 5.00. The molecule has 2 rings (SSSR count). The lowest BCUT2D eigenvalue weighted by Crippen LogP contribution is -2.13. The number of carbonyl (C=O) groups excluding carboxylic acids is 1. The third-order valence-corrected chi connectivity index (χ3v) is 3.23. The van der Waals surface area contributed by atoms with Crippen LogP contribution in [0.5, 0.6) is 5.75 Å². The summed E-state index contributed by atoms with van der Waals surface area (Å²) in [4.78, 5) is 15.8. The van der Waals surface area contributed by atoms with Crippen LogP contribution in [0, 0.1) is 6.92 Å². The Morgan fingerprint density at radius 2 is 2.00 bits per heavy atom. The van der Waals surface area contributed by atoms with Crippen LogP contribution in [0.4, 0.5) is 13.2 Å². The van der Waals surface area contributed by atoms with Gasteiger partial charge in [0.1, 0.15) is 10.6 Å². The van der Waals surface area contributed by atoms with Crippen molar-refractivity contribution in [3.8, 4) is 5.75 Å². The van der Waals surface area contributed by atoms with Crippen LogP contribution < -0.4 is 4.74 Å². The third kappa shape index (κ3) is 2.93. The summed E-state index contributed by atoms with van der Waals surface area (Å²) in [6.07, 6.45) is -4.57. The van der Waals surface area contributed by atoms with Gasteiger partial charge in [-0.25, -0.2) is 9.78 Å². The van der Waals surface area contributed by atoms with Gasteiger partial charge < -0.3 is 4.74 Å². The van der Waals surface area contributed by atoms with E-state index in [0.29, 0.717) is 5.69 Å². The van der Waals surface area contributed by atoms with Crippen molar-refractivity contribution >= 4 is 17.3 Å². The molecular weight excluding hydrogens is 279 g/mol. The lowest BCUT2D eigenvalue weighted by Gasteiger charge is -2.11. The van der Waals surface area contributed by atoms with E-state index in [1.54, 1.807) is 6.92 Å². The van der Waals surface area contributed by atoms with Gasteiger partial charge in [0.2, 0.25) is 0 Å². The molecule has 0 radical (unpaired) electrons. The van der Waals surface area contributed by atoms with Crippen LogP contribution in [0.15, 0.2) is 29.8 Å². The summed E-state index contributed by atoms with van der Waals surface area (Å²) in [6, 6.07) is 4.58. The van der Waals surface area contributed by atoms with E-state index in [-0.39, 0.29) is 4.88 Å². The third-order valence-electron chi connectivity index (χ3n) is 2.33. The summed E-state index contributed by atoms with van der Waals surface area (Å²) < 4.78 is 43.0. The van der Waals surface area contributed by atoms with Crippen LogP contribution in [-0.2, 0) is 6.18 Å². The lowest BCUT2D eigenvalue weighted by atomic mass is 10.2. The minimum Gasteiger partial charge on any atom is -0.422 e. The molecule has 2 aromatic rings. The molecule has 0 bridgehead atoms. The molecule has 0 N–H and O–H groups in total. The number of nitrogens with zero attached hydrogens (tertiary/aromatic N) is 1. The number of esters is 1. The van der Waals surface area contributed by atoms with E-state index in [0.717, 1.165) is 23.5 Å². The van der Waals surface area contributed by atoms with E-state index in [4.69, 9.17) is 4.74 Å². The predicted molar refractivity (Wildman–Crippen MR) is 63.3 cm³/mol. The van der Waals surface area contributed by atoms with Crippen molar-refractivity contribution in [2.75, 3.05) is 0 Å². The molecule has 7 heteroatoms. The van der Waals surface area contributed by atoms with Crippen molar-refractivity contribution in [1.29, 1.82) is 0 Å². The van der Waals surface area contributed by atoms with E-state index in [9.17, 15) is 18.0 Å². The topological polar surface area (TPSA) is 39.2 Å². The molecule has 19 heavy (non-hydrogen) atoms. The monoisotopic (exact) mass is 287 g/mol. The highest BCUT2D eigenvalue weighted by molar-refractivity contribution is 7.11. The van der Waals surface area contributed by atoms with E-state index in [2.05, 4.69) is 4.98 Å². The van der Waals surface area contributed by atoms with Crippen LogP contribution >= 0.6 is 11.3 Å².